The molecule has 0 spiro atoms. The maximum Gasteiger partial charge on any atom is 0.322 e. The van der Waals surface area contributed by atoms with E-state index >= 15 is 0 Å². The standard InChI is InChI=1S/C14H12ClN3O/c15-11-4-1-5-12(7-11)17-14(19)18-8-10-3-2-6-16-13(10)9-18/h1-7H,8-9H2,(H,17,19). The number of urea groups is 1. The molecule has 0 fully saturated rings. The van der Waals surface area contributed by atoms with Crippen molar-refractivity contribution in [2.45, 2.75) is 13.1 Å². The highest BCUT2D eigenvalue weighted by Gasteiger charge is 2.23. The molecule has 0 saturated heterocycles. The first kappa shape index (κ1) is 12.0. The van der Waals surface area contributed by atoms with Gasteiger partial charge in [-0.25, -0.2) is 4.79 Å². The van der Waals surface area contributed by atoms with E-state index in [0.717, 1.165) is 11.3 Å². The number of aromatic nitrogens is 1. The lowest BCUT2D eigenvalue weighted by Gasteiger charge is -2.16. The Morgan fingerprint density at radius 3 is 2.95 bits per heavy atom. The van der Waals surface area contributed by atoms with E-state index in [9.17, 15) is 4.79 Å². The minimum atomic E-state index is -0.139. The molecule has 2 heterocycles. The molecule has 3 rings (SSSR count). The number of benzene rings is 1. The second-order valence-corrected chi connectivity index (χ2v) is 4.84. The van der Waals surface area contributed by atoms with Gasteiger partial charge in [0.15, 0.2) is 0 Å². The second-order valence-electron chi connectivity index (χ2n) is 4.41. The topological polar surface area (TPSA) is 45.2 Å². The van der Waals surface area contributed by atoms with Gasteiger partial charge in [-0.2, -0.15) is 0 Å². The summed E-state index contributed by atoms with van der Waals surface area (Å²) in [7, 11) is 0. The zero-order valence-corrected chi connectivity index (χ0v) is 10.9. The van der Waals surface area contributed by atoms with E-state index in [1.54, 1.807) is 29.3 Å². The minimum Gasteiger partial charge on any atom is -0.314 e. The zero-order valence-electron chi connectivity index (χ0n) is 10.1. The highest BCUT2D eigenvalue weighted by molar-refractivity contribution is 6.30. The SMILES string of the molecule is O=C(Nc1cccc(Cl)c1)N1Cc2cccnc2C1. The lowest BCUT2D eigenvalue weighted by Crippen LogP contribution is -2.30. The third-order valence-electron chi connectivity index (χ3n) is 3.05. The molecule has 5 heteroatoms. The summed E-state index contributed by atoms with van der Waals surface area (Å²) in [6.07, 6.45) is 1.75. The summed E-state index contributed by atoms with van der Waals surface area (Å²) in [5, 5.41) is 3.44. The lowest BCUT2D eigenvalue weighted by molar-refractivity contribution is 0.212. The number of amides is 2. The van der Waals surface area contributed by atoms with Crippen LogP contribution in [0.5, 0.6) is 0 Å². The molecule has 0 aliphatic carbocycles. The molecule has 1 aliphatic rings. The van der Waals surface area contributed by atoms with Gasteiger partial charge < -0.3 is 10.2 Å². The average molecular weight is 274 g/mol. The van der Waals surface area contributed by atoms with Crippen LogP contribution in [-0.4, -0.2) is 15.9 Å². The van der Waals surface area contributed by atoms with Gasteiger partial charge in [0.25, 0.3) is 0 Å². The van der Waals surface area contributed by atoms with E-state index in [4.69, 9.17) is 11.6 Å². The monoisotopic (exact) mass is 273 g/mol. The van der Waals surface area contributed by atoms with Crippen LogP contribution in [-0.2, 0) is 13.1 Å². The molecular weight excluding hydrogens is 262 g/mol. The molecule has 19 heavy (non-hydrogen) atoms. The van der Waals surface area contributed by atoms with E-state index < -0.39 is 0 Å². The molecule has 0 radical (unpaired) electrons. The predicted octanol–water partition coefficient (Wildman–Crippen LogP) is 3.28. The fraction of sp³-hybridized carbons (Fsp3) is 0.143. The fourth-order valence-corrected chi connectivity index (χ4v) is 2.30. The minimum absolute atomic E-state index is 0.139. The Balaban J connectivity index is 1.70. The van der Waals surface area contributed by atoms with Crippen LogP contribution in [0.25, 0.3) is 0 Å². The first-order valence-corrected chi connectivity index (χ1v) is 6.34. The van der Waals surface area contributed by atoms with Gasteiger partial charge in [0, 0.05) is 23.5 Å². The van der Waals surface area contributed by atoms with Gasteiger partial charge in [-0.3, -0.25) is 4.98 Å². The van der Waals surface area contributed by atoms with Gasteiger partial charge in [-0.1, -0.05) is 23.7 Å². The Bertz CT molecular complexity index is 605. The number of anilines is 1. The molecule has 4 nitrogen and oxygen atoms in total. The van der Waals surface area contributed by atoms with Crippen LogP contribution in [0.1, 0.15) is 11.3 Å². The summed E-state index contributed by atoms with van der Waals surface area (Å²) in [6.45, 7) is 1.14. The number of hydrogen-bond donors (Lipinski definition) is 1. The third kappa shape index (κ3) is 2.53. The van der Waals surface area contributed by atoms with Gasteiger partial charge >= 0.3 is 6.03 Å². The molecule has 0 unspecified atom stereocenters. The van der Waals surface area contributed by atoms with Gasteiger partial charge in [0.05, 0.1) is 12.2 Å². The molecule has 1 aromatic heterocycles. The smallest absolute Gasteiger partial charge is 0.314 e. The van der Waals surface area contributed by atoms with Crippen molar-refractivity contribution < 1.29 is 4.79 Å². The van der Waals surface area contributed by atoms with E-state index in [2.05, 4.69) is 10.3 Å². The van der Waals surface area contributed by atoms with Gasteiger partial charge in [0.2, 0.25) is 0 Å². The van der Waals surface area contributed by atoms with Crippen molar-refractivity contribution in [3.8, 4) is 0 Å². The maximum absolute atomic E-state index is 12.1. The van der Waals surface area contributed by atoms with E-state index in [1.807, 2.05) is 18.2 Å². The highest BCUT2D eigenvalue weighted by Crippen LogP contribution is 2.22. The fourth-order valence-electron chi connectivity index (χ4n) is 2.11. The second kappa shape index (κ2) is 4.90. The number of nitrogens with zero attached hydrogens (tertiary/aromatic N) is 2. The van der Waals surface area contributed by atoms with Crippen LogP contribution in [0.3, 0.4) is 0 Å². The Hall–Kier alpha value is -2.07. The van der Waals surface area contributed by atoms with Crippen LogP contribution < -0.4 is 5.32 Å². The Kier molecular flexibility index (Phi) is 3.09. The van der Waals surface area contributed by atoms with Crippen molar-refractivity contribution in [3.05, 3.63) is 58.9 Å². The lowest BCUT2D eigenvalue weighted by atomic mass is 10.2. The number of carbonyl (C=O) groups excluding carboxylic acids is 1. The summed E-state index contributed by atoms with van der Waals surface area (Å²) < 4.78 is 0. The number of hydrogen-bond acceptors (Lipinski definition) is 2. The van der Waals surface area contributed by atoms with Crippen LogP contribution in [0, 0.1) is 0 Å². The highest BCUT2D eigenvalue weighted by atomic mass is 35.5. The summed E-state index contributed by atoms with van der Waals surface area (Å²) in [4.78, 5) is 18.1. The van der Waals surface area contributed by atoms with Gasteiger partial charge in [-0.15, -0.1) is 0 Å². The predicted molar refractivity (Wildman–Crippen MR) is 74.0 cm³/mol. The van der Waals surface area contributed by atoms with Crippen LogP contribution in [0.4, 0.5) is 10.5 Å². The molecule has 1 aromatic carbocycles. The van der Waals surface area contributed by atoms with Crippen molar-refractivity contribution in [3.63, 3.8) is 0 Å². The van der Waals surface area contributed by atoms with Crippen LogP contribution >= 0.6 is 11.6 Å². The molecule has 1 N–H and O–H groups in total. The summed E-state index contributed by atoms with van der Waals surface area (Å²) in [5.41, 5.74) is 2.76. The number of halogens is 1. The average Bonchev–Trinajstić information content (AvgIpc) is 2.82. The van der Waals surface area contributed by atoms with Crippen molar-refractivity contribution in [1.82, 2.24) is 9.88 Å². The molecule has 2 aromatic rings. The molecule has 1 aliphatic heterocycles. The largest absolute Gasteiger partial charge is 0.322 e. The van der Waals surface area contributed by atoms with E-state index in [1.165, 1.54) is 0 Å². The van der Waals surface area contributed by atoms with Crippen molar-refractivity contribution >= 4 is 23.3 Å². The van der Waals surface area contributed by atoms with Gasteiger partial charge in [-0.05, 0) is 29.8 Å². The van der Waals surface area contributed by atoms with E-state index in [-0.39, 0.29) is 6.03 Å². The number of nitrogens with one attached hydrogen (secondary N) is 1. The third-order valence-corrected chi connectivity index (χ3v) is 3.28. The summed E-state index contributed by atoms with van der Waals surface area (Å²) in [6, 6.07) is 10.9. The Labute approximate surface area is 116 Å². The molecule has 0 bridgehead atoms. The quantitative estimate of drug-likeness (QED) is 0.867. The molecule has 96 valence electrons. The van der Waals surface area contributed by atoms with Crippen molar-refractivity contribution in [2.75, 3.05) is 5.32 Å². The van der Waals surface area contributed by atoms with Gasteiger partial charge in [0.1, 0.15) is 0 Å². The zero-order chi connectivity index (χ0) is 13.2. The normalized spacial score (nSPS) is 13.2. The summed E-state index contributed by atoms with van der Waals surface area (Å²) in [5.74, 6) is 0. The Morgan fingerprint density at radius 1 is 1.26 bits per heavy atom. The maximum atomic E-state index is 12.1. The molecule has 0 saturated carbocycles. The van der Waals surface area contributed by atoms with Crippen molar-refractivity contribution in [1.29, 1.82) is 0 Å². The Morgan fingerprint density at radius 2 is 2.16 bits per heavy atom. The number of carbonyl (C=O) groups is 1. The number of fused-ring (bicyclic) bond motifs is 1. The van der Waals surface area contributed by atoms with Crippen LogP contribution in [0.15, 0.2) is 42.6 Å². The first-order valence-electron chi connectivity index (χ1n) is 5.96. The first-order chi connectivity index (χ1) is 9.22. The molecule has 0 atom stereocenters. The van der Waals surface area contributed by atoms with Crippen molar-refractivity contribution in [2.24, 2.45) is 0 Å². The number of pyridine rings is 1. The molecular formula is C14H12ClN3O. The van der Waals surface area contributed by atoms with E-state index in [0.29, 0.717) is 23.8 Å². The molecule has 2 amide bonds. The number of rotatable bonds is 1. The van der Waals surface area contributed by atoms with Crippen LogP contribution in [0.2, 0.25) is 5.02 Å². The summed E-state index contributed by atoms with van der Waals surface area (Å²) >= 11 is 5.89.